The van der Waals surface area contributed by atoms with E-state index in [1.807, 2.05) is 18.2 Å². The lowest BCUT2D eigenvalue weighted by Crippen LogP contribution is -2.23. The van der Waals surface area contributed by atoms with Gasteiger partial charge in [-0.3, -0.25) is 0 Å². The van der Waals surface area contributed by atoms with E-state index in [4.69, 9.17) is 9.84 Å². The maximum Gasteiger partial charge on any atom is 0.0909 e. The molecule has 1 aromatic carbocycles. The second kappa shape index (κ2) is 3.71. The molecule has 0 bridgehead atoms. The fraction of sp³-hybridized carbons (Fsp3) is 0.500. The summed E-state index contributed by atoms with van der Waals surface area (Å²) in [5.41, 5.74) is 1.00. The Hall–Kier alpha value is -0.860. The summed E-state index contributed by atoms with van der Waals surface area (Å²) >= 11 is 0. The minimum atomic E-state index is -0.200. The van der Waals surface area contributed by atoms with Gasteiger partial charge in [-0.2, -0.15) is 0 Å². The van der Waals surface area contributed by atoms with Crippen molar-refractivity contribution in [2.75, 3.05) is 6.61 Å². The summed E-state index contributed by atoms with van der Waals surface area (Å²) in [5, 5.41) is 9.02. The summed E-state index contributed by atoms with van der Waals surface area (Å²) in [4.78, 5) is 0. The van der Waals surface area contributed by atoms with Crippen molar-refractivity contribution in [2.24, 2.45) is 0 Å². The van der Waals surface area contributed by atoms with Crippen LogP contribution in [0.1, 0.15) is 25.3 Å². The van der Waals surface area contributed by atoms with Gasteiger partial charge in [0, 0.05) is 0 Å². The van der Waals surface area contributed by atoms with Crippen LogP contribution in [0.5, 0.6) is 0 Å². The highest BCUT2D eigenvalue weighted by Crippen LogP contribution is 2.38. The molecule has 1 fully saturated rings. The Morgan fingerprint density at radius 2 is 2.14 bits per heavy atom. The van der Waals surface area contributed by atoms with E-state index in [0.29, 0.717) is 0 Å². The fourth-order valence-corrected chi connectivity index (χ4v) is 2.05. The lowest BCUT2D eigenvalue weighted by molar-refractivity contribution is -0.0519. The van der Waals surface area contributed by atoms with Gasteiger partial charge in [0.2, 0.25) is 0 Å². The van der Waals surface area contributed by atoms with Gasteiger partial charge in [-0.15, -0.1) is 0 Å². The molecular weight excluding hydrogens is 176 g/mol. The molecule has 1 aliphatic heterocycles. The van der Waals surface area contributed by atoms with Gasteiger partial charge >= 0.3 is 0 Å². The Balaban J connectivity index is 2.19. The molecule has 1 aliphatic rings. The first-order valence-corrected chi connectivity index (χ1v) is 5.09. The van der Waals surface area contributed by atoms with E-state index in [2.05, 4.69) is 19.1 Å². The van der Waals surface area contributed by atoms with Crippen LogP contribution in [-0.4, -0.2) is 17.8 Å². The van der Waals surface area contributed by atoms with Gasteiger partial charge in [0.25, 0.3) is 0 Å². The summed E-state index contributed by atoms with van der Waals surface area (Å²) in [6, 6.07) is 10.2. The van der Waals surface area contributed by atoms with Crippen molar-refractivity contribution in [3.05, 3.63) is 35.9 Å². The molecule has 0 radical (unpaired) electrons. The molecule has 2 heteroatoms. The average Bonchev–Trinajstić information content (AvgIpc) is 2.63. The van der Waals surface area contributed by atoms with Crippen molar-refractivity contribution in [1.82, 2.24) is 0 Å². The maximum absolute atomic E-state index is 9.02. The van der Waals surface area contributed by atoms with E-state index in [-0.39, 0.29) is 18.3 Å². The first kappa shape index (κ1) is 9.69. The zero-order valence-electron chi connectivity index (χ0n) is 8.44. The van der Waals surface area contributed by atoms with Crippen molar-refractivity contribution in [3.63, 3.8) is 0 Å². The Morgan fingerprint density at radius 1 is 1.43 bits per heavy atom. The molecule has 1 saturated heterocycles. The second-order valence-corrected chi connectivity index (χ2v) is 4.06. The molecule has 1 N–H and O–H groups in total. The largest absolute Gasteiger partial charge is 0.394 e. The SMILES string of the molecule is CC1(c2ccccc2)CCC(CO)O1. The topological polar surface area (TPSA) is 29.5 Å². The van der Waals surface area contributed by atoms with Crippen LogP contribution in [-0.2, 0) is 10.3 Å². The number of hydrogen-bond acceptors (Lipinski definition) is 2. The molecule has 1 heterocycles. The monoisotopic (exact) mass is 192 g/mol. The van der Waals surface area contributed by atoms with Crippen LogP contribution < -0.4 is 0 Å². The molecule has 2 nitrogen and oxygen atoms in total. The van der Waals surface area contributed by atoms with Crippen LogP contribution in [0, 0.1) is 0 Å². The molecule has 2 atom stereocenters. The number of aliphatic hydroxyl groups is 1. The molecule has 2 rings (SSSR count). The quantitative estimate of drug-likeness (QED) is 0.777. The zero-order valence-corrected chi connectivity index (χ0v) is 8.44. The van der Waals surface area contributed by atoms with Crippen LogP contribution in [0.2, 0.25) is 0 Å². The van der Waals surface area contributed by atoms with Gasteiger partial charge in [-0.05, 0) is 25.3 Å². The zero-order chi connectivity index (χ0) is 10.0. The summed E-state index contributed by atoms with van der Waals surface area (Å²) in [6.45, 7) is 2.22. The molecular formula is C12H16O2. The van der Waals surface area contributed by atoms with Gasteiger partial charge in [-0.25, -0.2) is 0 Å². The third-order valence-corrected chi connectivity index (χ3v) is 2.96. The third-order valence-electron chi connectivity index (χ3n) is 2.96. The van der Waals surface area contributed by atoms with Crippen LogP contribution in [0.3, 0.4) is 0 Å². The van der Waals surface area contributed by atoms with E-state index in [1.54, 1.807) is 0 Å². The van der Waals surface area contributed by atoms with E-state index < -0.39 is 0 Å². The highest BCUT2D eigenvalue weighted by molar-refractivity contribution is 5.22. The van der Waals surface area contributed by atoms with Gasteiger partial charge in [0.05, 0.1) is 18.3 Å². The minimum Gasteiger partial charge on any atom is -0.394 e. The lowest BCUT2D eigenvalue weighted by atomic mass is 9.93. The molecule has 1 aromatic rings. The lowest BCUT2D eigenvalue weighted by Gasteiger charge is -2.25. The maximum atomic E-state index is 9.02. The van der Waals surface area contributed by atoms with Crippen LogP contribution in [0.4, 0.5) is 0 Å². The summed E-state index contributed by atoms with van der Waals surface area (Å²) in [6.07, 6.45) is 1.95. The second-order valence-electron chi connectivity index (χ2n) is 4.06. The smallest absolute Gasteiger partial charge is 0.0909 e. The number of rotatable bonds is 2. The van der Waals surface area contributed by atoms with Gasteiger partial charge < -0.3 is 9.84 Å². The normalized spacial score (nSPS) is 32.0. The van der Waals surface area contributed by atoms with Crippen molar-refractivity contribution in [3.8, 4) is 0 Å². The predicted octanol–water partition coefficient (Wildman–Crippen LogP) is 2.07. The van der Waals surface area contributed by atoms with Crippen LogP contribution >= 0.6 is 0 Å². The molecule has 0 amide bonds. The van der Waals surface area contributed by atoms with E-state index in [0.717, 1.165) is 12.8 Å². The highest BCUT2D eigenvalue weighted by atomic mass is 16.5. The third kappa shape index (κ3) is 1.68. The molecule has 0 aromatic heterocycles. The number of aliphatic hydroxyl groups excluding tert-OH is 1. The summed E-state index contributed by atoms with van der Waals surface area (Å²) in [7, 11) is 0. The molecule has 76 valence electrons. The first-order chi connectivity index (χ1) is 6.74. The Labute approximate surface area is 84.5 Å². The predicted molar refractivity (Wildman–Crippen MR) is 55.0 cm³/mol. The standard InChI is InChI=1S/C12H16O2/c1-12(8-7-11(9-13)14-12)10-5-3-2-4-6-10/h2-6,11,13H,7-9H2,1H3. The molecule has 2 unspecified atom stereocenters. The van der Waals surface area contributed by atoms with Crippen molar-refractivity contribution >= 4 is 0 Å². The average molecular weight is 192 g/mol. The van der Waals surface area contributed by atoms with E-state index in [9.17, 15) is 0 Å². The molecule has 0 aliphatic carbocycles. The molecule has 14 heavy (non-hydrogen) atoms. The summed E-state index contributed by atoms with van der Waals surface area (Å²) < 4.78 is 5.83. The van der Waals surface area contributed by atoms with Crippen molar-refractivity contribution < 1.29 is 9.84 Å². The first-order valence-electron chi connectivity index (χ1n) is 5.09. The van der Waals surface area contributed by atoms with Gasteiger partial charge in [0.1, 0.15) is 0 Å². The number of ether oxygens (including phenoxy) is 1. The minimum absolute atomic E-state index is 0.0141. The van der Waals surface area contributed by atoms with Gasteiger partial charge in [-0.1, -0.05) is 30.3 Å². The van der Waals surface area contributed by atoms with Crippen LogP contribution in [0.25, 0.3) is 0 Å². The molecule has 0 spiro atoms. The summed E-state index contributed by atoms with van der Waals surface area (Å²) in [5.74, 6) is 0. The van der Waals surface area contributed by atoms with E-state index >= 15 is 0 Å². The Kier molecular flexibility index (Phi) is 2.57. The fourth-order valence-electron chi connectivity index (χ4n) is 2.05. The van der Waals surface area contributed by atoms with Gasteiger partial charge in [0.15, 0.2) is 0 Å². The number of hydrogen-bond donors (Lipinski definition) is 1. The van der Waals surface area contributed by atoms with Crippen molar-refractivity contribution in [2.45, 2.75) is 31.5 Å². The highest BCUT2D eigenvalue weighted by Gasteiger charge is 2.36. The van der Waals surface area contributed by atoms with Crippen molar-refractivity contribution in [1.29, 1.82) is 0 Å². The Bertz CT molecular complexity index is 296. The van der Waals surface area contributed by atoms with E-state index in [1.165, 1.54) is 5.56 Å². The van der Waals surface area contributed by atoms with Crippen LogP contribution in [0.15, 0.2) is 30.3 Å². The Morgan fingerprint density at radius 3 is 2.71 bits per heavy atom. The molecule has 0 saturated carbocycles. The number of benzene rings is 1.